The second-order valence-electron chi connectivity index (χ2n) is 4.68. The molecular formula is C14H16N6. The zero-order valence-corrected chi connectivity index (χ0v) is 11.2. The van der Waals surface area contributed by atoms with E-state index >= 15 is 0 Å². The molecule has 1 aromatic carbocycles. The number of pyridine rings is 1. The fraction of sp³-hybridized carbons (Fsp3) is 0.214. The highest BCUT2D eigenvalue weighted by Crippen LogP contribution is 2.17. The molecule has 0 fully saturated rings. The van der Waals surface area contributed by atoms with Gasteiger partial charge in [-0.1, -0.05) is 0 Å². The Bertz CT molecular complexity index is 733. The van der Waals surface area contributed by atoms with E-state index in [2.05, 4.69) is 20.5 Å². The third-order valence-electron chi connectivity index (χ3n) is 3.17. The predicted molar refractivity (Wildman–Crippen MR) is 79.4 cm³/mol. The van der Waals surface area contributed by atoms with Crippen molar-refractivity contribution >= 4 is 22.4 Å². The Morgan fingerprint density at radius 3 is 2.95 bits per heavy atom. The van der Waals surface area contributed by atoms with Crippen molar-refractivity contribution in [2.75, 3.05) is 17.6 Å². The Kier molecular flexibility index (Phi) is 3.20. The number of benzene rings is 1. The molecule has 102 valence electrons. The summed E-state index contributed by atoms with van der Waals surface area (Å²) >= 11 is 0. The number of nitrogens with one attached hydrogen (secondary N) is 1. The van der Waals surface area contributed by atoms with Crippen molar-refractivity contribution < 1.29 is 0 Å². The maximum absolute atomic E-state index is 5.75. The van der Waals surface area contributed by atoms with Gasteiger partial charge >= 0.3 is 0 Å². The molecule has 6 heteroatoms. The first kappa shape index (κ1) is 12.4. The third kappa shape index (κ3) is 2.54. The van der Waals surface area contributed by atoms with Gasteiger partial charge in [-0.25, -0.2) is 4.98 Å². The second kappa shape index (κ2) is 5.16. The smallest absolute Gasteiger partial charge is 0.134 e. The van der Waals surface area contributed by atoms with E-state index in [1.54, 1.807) is 6.33 Å². The van der Waals surface area contributed by atoms with Gasteiger partial charge in [-0.3, -0.25) is 0 Å². The van der Waals surface area contributed by atoms with Gasteiger partial charge in [-0.15, -0.1) is 10.2 Å². The number of rotatable bonds is 4. The highest BCUT2D eigenvalue weighted by molar-refractivity contribution is 5.83. The van der Waals surface area contributed by atoms with Crippen molar-refractivity contribution in [3.8, 4) is 0 Å². The SMILES string of the molecule is Cn1cnnc1CCNc1ccc2cc(N)ccc2n1. The van der Waals surface area contributed by atoms with Crippen LogP contribution in [0, 0.1) is 0 Å². The molecule has 0 atom stereocenters. The standard InChI is InChI=1S/C14H16N6/c1-20-9-17-19-14(20)6-7-16-13-5-2-10-8-11(15)3-4-12(10)18-13/h2-5,8-9H,6-7,15H2,1H3,(H,16,18). The Morgan fingerprint density at radius 1 is 1.25 bits per heavy atom. The molecular weight excluding hydrogens is 252 g/mol. The van der Waals surface area contributed by atoms with Crippen molar-refractivity contribution in [1.29, 1.82) is 0 Å². The summed E-state index contributed by atoms with van der Waals surface area (Å²) in [6, 6.07) is 9.69. The largest absolute Gasteiger partial charge is 0.399 e. The van der Waals surface area contributed by atoms with Crippen LogP contribution < -0.4 is 11.1 Å². The molecule has 0 spiro atoms. The van der Waals surface area contributed by atoms with Crippen molar-refractivity contribution in [3.05, 3.63) is 42.5 Å². The van der Waals surface area contributed by atoms with Gasteiger partial charge in [0, 0.05) is 31.1 Å². The Morgan fingerprint density at radius 2 is 2.15 bits per heavy atom. The monoisotopic (exact) mass is 268 g/mol. The minimum absolute atomic E-state index is 0.752. The number of hydrogen-bond acceptors (Lipinski definition) is 5. The first-order chi connectivity index (χ1) is 9.72. The molecule has 2 aromatic heterocycles. The molecule has 3 aromatic rings. The van der Waals surface area contributed by atoms with Gasteiger partial charge in [-0.2, -0.15) is 0 Å². The summed E-state index contributed by atoms with van der Waals surface area (Å²) in [4.78, 5) is 4.55. The molecule has 0 saturated carbocycles. The summed E-state index contributed by atoms with van der Waals surface area (Å²) in [6.45, 7) is 0.764. The van der Waals surface area contributed by atoms with Crippen LogP contribution in [0.4, 0.5) is 11.5 Å². The van der Waals surface area contributed by atoms with Gasteiger partial charge in [-0.05, 0) is 30.3 Å². The zero-order chi connectivity index (χ0) is 13.9. The Balaban J connectivity index is 1.68. The van der Waals surface area contributed by atoms with Gasteiger partial charge < -0.3 is 15.6 Å². The highest BCUT2D eigenvalue weighted by atomic mass is 15.2. The minimum atomic E-state index is 0.752. The van der Waals surface area contributed by atoms with Crippen molar-refractivity contribution in [1.82, 2.24) is 19.7 Å². The minimum Gasteiger partial charge on any atom is -0.399 e. The van der Waals surface area contributed by atoms with Gasteiger partial charge in [0.25, 0.3) is 0 Å². The molecule has 0 amide bonds. The summed E-state index contributed by atoms with van der Waals surface area (Å²) < 4.78 is 1.91. The quantitative estimate of drug-likeness (QED) is 0.702. The van der Waals surface area contributed by atoms with Crippen molar-refractivity contribution in [2.45, 2.75) is 6.42 Å². The molecule has 0 saturated heterocycles. The molecule has 3 rings (SSSR count). The van der Waals surface area contributed by atoms with Crippen molar-refractivity contribution in [3.63, 3.8) is 0 Å². The number of fused-ring (bicyclic) bond motifs is 1. The molecule has 0 radical (unpaired) electrons. The number of hydrogen-bond donors (Lipinski definition) is 2. The summed E-state index contributed by atoms with van der Waals surface area (Å²) in [7, 11) is 1.94. The first-order valence-electron chi connectivity index (χ1n) is 6.45. The molecule has 20 heavy (non-hydrogen) atoms. The number of aromatic nitrogens is 4. The summed E-state index contributed by atoms with van der Waals surface area (Å²) in [5, 5.41) is 12.2. The molecule has 0 aliphatic heterocycles. The number of anilines is 2. The Hall–Kier alpha value is -2.63. The van der Waals surface area contributed by atoms with E-state index in [0.29, 0.717) is 0 Å². The molecule has 3 N–H and O–H groups in total. The van der Waals surface area contributed by atoms with E-state index in [4.69, 9.17) is 5.73 Å². The highest BCUT2D eigenvalue weighted by Gasteiger charge is 2.02. The molecule has 2 heterocycles. The van der Waals surface area contributed by atoms with E-state index in [-0.39, 0.29) is 0 Å². The Labute approximate surface area is 116 Å². The molecule has 0 aliphatic carbocycles. The van der Waals surface area contributed by atoms with Gasteiger partial charge in [0.05, 0.1) is 5.52 Å². The van der Waals surface area contributed by atoms with Crippen LogP contribution in [0.3, 0.4) is 0 Å². The van der Waals surface area contributed by atoms with Crippen molar-refractivity contribution in [2.24, 2.45) is 7.05 Å². The summed E-state index contributed by atoms with van der Waals surface area (Å²) in [5.41, 5.74) is 7.44. The van der Waals surface area contributed by atoms with E-state index in [9.17, 15) is 0 Å². The van der Waals surface area contributed by atoms with Crippen LogP contribution in [-0.2, 0) is 13.5 Å². The van der Waals surface area contributed by atoms with Gasteiger partial charge in [0.1, 0.15) is 18.0 Å². The predicted octanol–water partition coefficient (Wildman–Crippen LogP) is 1.60. The average Bonchev–Trinajstić information content (AvgIpc) is 2.85. The van der Waals surface area contributed by atoms with Crippen LogP contribution in [0.2, 0.25) is 0 Å². The van der Waals surface area contributed by atoms with E-state index < -0.39 is 0 Å². The summed E-state index contributed by atoms with van der Waals surface area (Å²) in [6.07, 6.45) is 2.51. The number of nitrogens with zero attached hydrogens (tertiary/aromatic N) is 4. The van der Waals surface area contributed by atoms with Gasteiger partial charge in [0.15, 0.2) is 0 Å². The maximum atomic E-state index is 5.75. The molecule has 0 aliphatic rings. The lowest BCUT2D eigenvalue weighted by Gasteiger charge is -2.06. The fourth-order valence-electron chi connectivity index (χ4n) is 2.08. The molecule has 0 bridgehead atoms. The van der Waals surface area contributed by atoms with Gasteiger partial charge in [0.2, 0.25) is 0 Å². The van der Waals surface area contributed by atoms with Crippen LogP contribution in [0.1, 0.15) is 5.82 Å². The number of nitrogen functional groups attached to an aromatic ring is 1. The topological polar surface area (TPSA) is 81.7 Å². The lowest BCUT2D eigenvalue weighted by Crippen LogP contribution is -2.09. The molecule has 6 nitrogen and oxygen atoms in total. The van der Waals surface area contributed by atoms with Crippen LogP contribution in [0.25, 0.3) is 10.9 Å². The third-order valence-corrected chi connectivity index (χ3v) is 3.17. The lowest BCUT2D eigenvalue weighted by atomic mass is 10.2. The number of aryl methyl sites for hydroxylation is 1. The van der Waals surface area contributed by atoms with E-state index in [0.717, 1.165) is 41.2 Å². The summed E-state index contributed by atoms with van der Waals surface area (Å²) in [5.74, 6) is 1.80. The first-order valence-corrected chi connectivity index (χ1v) is 6.45. The number of nitrogens with two attached hydrogens (primary N) is 1. The maximum Gasteiger partial charge on any atom is 0.134 e. The van der Waals surface area contributed by atoms with Crippen LogP contribution in [0.5, 0.6) is 0 Å². The van der Waals surface area contributed by atoms with E-state index in [1.165, 1.54) is 0 Å². The van der Waals surface area contributed by atoms with Crippen LogP contribution in [0.15, 0.2) is 36.7 Å². The second-order valence-corrected chi connectivity index (χ2v) is 4.68. The van der Waals surface area contributed by atoms with Crippen LogP contribution in [-0.4, -0.2) is 26.3 Å². The fourth-order valence-corrected chi connectivity index (χ4v) is 2.08. The zero-order valence-electron chi connectivity index (χ0n) is 11.2. The average molecular weight is 268 g/mol. The normalized spacial score (nSPS) is 10.8. The van der Waals surface area contributed by atoms with E-state index in [1.807, 2.05) is 41.9 Å². The lowest BCUT2D eigenvalue weighted by molar-refractivity contribution is 0.787. The molecule has 0 unspecified atom stereocenters. The van der Waals surface area contributed by atoms with Crippen LogP contribution >= 0.6 is 0 Å².